The topological polar surface area (TPSA) is 63.6 Å². The van der Waals surface area contributed by atoms with Gasteiger partial charge in [0.15, 0.2) is 0 Å². The van der Waals surface area contributed by atoms with Crippen molar-refractivity contribution in [2.75, 3.05) is 47.1 Å². The van der Waals surface area contributed by atoms with Gasteiger partial charge in [-0.15, -0.1) is 0 Å². The van der Waals surface area contributed by atoms with Crippen LogP contribution in [0.25, 0.3) is 0 Å². The molecule has 2 aromatic carbocycles. The quantitative estimate of drug-likeness (QED) is 0.734. The van der Waals surface area contributed by atoms with Gasteiger partial charge in [-0.05, 0) is 23.8 Å². The van der Waals surface area contributed by atoms with Crippen LogP contribution in [0.15, 0.2) is 53.6 Å². The first-order valence-corrected chi connectivity index (χ1v) is 10.2. The minimum atomic E-state index is -0.251. The maximum atomic E-state index is 13.3. The largest absolute Gasteiger partial charge is 0.497 e. The van der Waals surface area contributed by atoms with Crippen LogP contribution in [0.1, 0.15) is 23.6 Å². The van der Waals surface area contributed by atoms with Crippen LogP contribution in [0.2, 0.25) is 0 Å². The monoisotopic (exact) mass is 409 g/mol. The van der Waals surface area contributed by atoms with Crippen molar-refractivity contribution < 1.29 is 19.0 Å². The van der Waals surface area contributed by atoms with E-state index in [0.29, 0.717) is 26.2 Å². The van der Waals surface area contributed by atoms with Crippen molar-refractivity contribution in [1.82, 2.24) is 9.91 Å². The Morgan fingerprint density at radius 3 is 2.57 bits per heavy atom. The smallest absolute Gasteiger partial charge is 0.257 e. The average molecular weight is 409 g/mol. The Hall–Kier alpha value is -2.90. The van der Waals surface area contributed by atoms with E-state index in [2.05, 4.69) is 4.90 Å². The van der Waals surface area contributed by atoms with Crippen LogP contribution in [0, 0.1) is 0 Å². The number of amides is 1. The highest BCUT2D eigenvalue weighted by Gasteiger charge is 2.35. The first kappa shape index (κ1) is 20.4. The Labute approximate surface area is 176 Å². The van der Waals surface area contributed by atoms with Crippen molar-refractivity contribution in [2.24, 2.45) is 5.10 Å². The van der Waals surface area contributed by atoms with E-state index in [0.717, 1.165) is 41.4 Å². The summed E-state index contributed by atoms with van der Waals surface area (Å²) in [6.45, 7) is 3.12. The number of nitrogens with zero attached hydrogens (tertiary/aromatic N) is 3. The zero-order valence-corrected chi connectivity index (χ0v) is 17.4. The first-order valence-electron chi connectivity index (χ1n) is 10.2. The number of hydrogen-bond acceptors (Lipinski definition) is 6. The van der Waals surface area contributed by atoms with Crippen LogP contribution in [0.4, 0.5) is 0 Å². The van der Waals surface area contributed by atoms with Crippen LogP contribution >= 0.6 is 0 Å². The molecule has 0 spiro atoms. The fraction of sp³-hybridized carbons (Fsp3) is 0.391. The molecule has 158 valence electrons. The number of benzene rings is 2. The van der Waals surface area contributed by atoms with E-state index < -0.39 is 0 Å². The molecule has 2 aliphatic heterocycles. The molecule has 0 N–H and O–H groups in total. The van der Waals surface area contributed by atoms with Gasteiger partial charge >= 0.3 is 0 Å². The van der Waals surface area contributed by atoms with Crippen molar-refractivity contribution in [3.8, 4) is 11.5 Å². The highest BCUT2D eigenvalue weighted by atomic mass is 16.5. The summed E-state index contributed by atoms with van der Waals surface area (Å²) >= 11 is 0. The number of rotatable bonds is 6. The highest BCUT2D eigenvalue weighted by molar-refractivity contribution is 6.03. The molecule has 7 heteroatoms. The lowest BCUT2D eigenvalue weighted by Crippen LogP contribution is -2.43. The lowest BCUT2D eigenvalue weighted by Gasteiger charge is -2.29. The number of carbonyl (C=O) groups excluding carboxylic acids is 1. The first-order chi connectivity index (χ1) is 14.7. The zero-order valence-electron chi connectivity index (χ0n) is 17.4. The summed E-state index contributed by atoms with van der Waals surface area (Å²) in [5, 5.41) is 6.38. The molecule has 0 aromatic heterocycles. The van der Waals surface area contributed by atoms with Crippen LogP contribution in [0.3, 0.4) is 0 Å². The number of hydrogen-bond donors (Lipinski definition) is 0. The second-order valence-electron chi connectivity index (χ2n) is 7.37. The van der Waals surface area contributed by atoms with Crippen molar-refractivity contribution in [2.45, 2.75) is 12.5 Å². The molecule has 2 aromatic rings. The average Bonchev–Trinajstić information content (AvgIpc) is 3.25. The van der Waals surface area contributed by atoms with E-state index in [4.69, 9.17) is 19.3 Å². The number of hydrazone groups is 1. The standard InChI is InChI=1S/C23H27N3O4/c1-28-18-8-9-22(29-2)19(14-18)21-15-20(17-6-4-3-5-7-17)24-26(21)23(27)16-25-10-12-30-13-11-25/h3-9,14,21H,10-13,15-16H2,1-2H3/t21-/m1/s1. The third-order valence-electron chi connectivity index (χ3n) is 5.53. The van der Waals surface area contributed by atoms with Crippen molar-refractivity contribution in [3.05, 3.63) is 59.7 Å². The molecule has 1 fully saturated rings. The van der Waals surface area contributed by atoms with Gasteiger partial charge in [-0.1, -0.05) is 30.3 Å². The van der Waals surface area contributed by atoms with E-state index in [-0.39, 0.29) is 11.9 Å². The molecule has 0 saturated carbocycles. The Morgan fingerprint density at radius 1 is 1.10 bits per heavy atom. The Bertz CT molecular complexity index is 910. The fourth-order valence-electron chi connectivity index (χ4n) is 3.91. The SMILES string of the molecule is COc1ccc(OC)c([C@H]2CC(c3ccccc3)=NN2C(=O)CN2CCOCC2)c1. The molecule has 2 aliphatic rings. The van der Waals surface area contributed by atoms with Gasteiger partial charge < -0.3 is 14.2 Å². The molecule has 4 rings (SSSR count). The number of carbonyl (C=O) groups is 1. The van der Waals surface area contributed by atoms with Gasteiger partial charge in [-0.25, -0.2) is 5.01 Å². The number of morpholine rings is 1. The second kappa shape index (κ2) is 9.28. The maximum Gasteiger partial charge on any atom is 0.257 e. The van der Waals surface area contributed by atoms with Crippen molar-refractivity contribution in [1.29, 1.82) is 0 Å². The lowest BCUT2D eigenvalue weighted by atomic mass is 9.97. The summed E-state index contributed by atoms with van der Waals surface area (Å²) in [7, 11) is 3.27. The summed E-state index contributed by atoms with van der Waals surface area (Å²) in [5.41, 5.74) is 2.80. The maximum absolute atomic E-state index is 13.3. The van der Waals surface area contributed by atoms with Gasteiger partial charge in [0.25, 0.3) is 5.91 Å². The van der Waals surface area contributed by atoms with E-state index in [1.807, 2.05) is 48.5 Å². The molecular weight excluding hydrogens is 382 g/mol. The fourth-order valence-corrected chi connectivity index (χ4v) is 3.91. The zero-order chi connectivity index (χ0) is 20.9. The minimum Gasteiger partial charge on any atom is -0.497 e. The van der Waals surface area contributed by atoms with Gasteiger partial charge in [0.2, 0.25) is 0 Å². The van der Waals surface area contributed by atoms with Crippen LogP contribution in [-0.2, 0) is 9.53 Å². The third-order valence-corrected chi connectivity index (χ3v) is 5.53. The summed E-state index contributed by atoms with van der Waals surface area (Å²) in [5.74, 6) is 1.41. The summed E-state index contributed by atoms with van der Waals surface area (Å²) in [6, 6.07) is 15.4. The van der Waals surface area contributed by atoms with Crippen LogP contribution < -0.4 is 9.47 Å². The van der Waals surface area contributed by atoms with E-state index >= 15 is 0 Å². The van der Waals surface area contributed by atoms with Gasteiger partial charge in [0, 0.05) is 25.1 Å². The minimum absolute atomic E-state index is 0.0299. The molecule has 1 saturated heterocycles. The van der Waals surface area contributed by atoms with Gasteiger partial charge in [-0.3, -0.25) is 9.69 Å². The number of ether oxygens (including phenoxy) is 3. The normalized spacial score (nSPS) is 19.5. The molecule has 7 nitrogen and oxygen atoms in total. The second-order valence-corrected chi connectivity index (χ2v) is 7.37. The van der Waals surface area contributed by atoms with Crippen LogP contribution in [0.5, 0.6) is 11.5 Å². The van der Waals surface area contributed by atoms with E-state index in [9.17, 15) is 4.79 Å². The number of methoxy groups -OCH3 is 2. The van der Waals surface area contributed by atoms with Crippen molar-refractivity contribution in [3.63, 3.8) is 0 Å². The molecule has 0 unspecified atom stereocenters. The van der Waals surface area contributed by atoms with Gasteiger partial charge in [0.1, 0.15) is 11.5 Å². The molecule has 30 heavy (non-hydrogen) atoms. The predicted octanol–water partition coefficient (Wildman–Crippen LogP) is 2.71. The Balaban J connectivity index is 1.66. The molecule has 0 radical (unpaired) electrons. The molecule has 0 bridgehead atoms. The molecule has 2 heterocycles. The van der Waals surface area contributed by atoms with Crippen molar-refractivity contribution >= 4 is 11.6 Å². The summed E-state index contributed by atoms with van der Waals surface area (Å²) < 4.78 is 16.4. The van der Waals surface area contributed by atoms with E-state index in [1.54, 1.807) is 19.2 Å². The molecular formula is C23H27N3O4. The predicted molar refractivity (Wildman–Crippen MR) is 114 cm³/mol. The summed E-state index contributed by atoms with van der Waals surface area (Å²) in [6.07, 6.45) is 0.613. The lowest BCUT2D eigenvalue weighted by molar-refractivity contribution is -0.135. The van der Waals surface area contributed by atoms with Crippen LogP contribution in [-0.4, -0.2) is 68.6 Å². The van der Waals surface area contributed by atoms with Gasteiger partial charge in [0.05, 0.1) is 45.7 Å². The molecule has 1 atom stereocenters. The molecule has 1 amide bonds. The molecule has 0 aliphatic carbocycles. The Kier molecular flexibility index (Phi) is 6.30. The highest BCUT2D eigenvalue weighted by Crippen LogP contribution is 2.39. The Morgan fingerprint density at radius 2 is 1.87 bits per heavy atom. The summed E-state index contributed by atoms with van der Waals surface area (Å²) in [4.78, 5) is 15.4. The third kappa shape index (κ3) is 4.32. The van der Waals surface area contributed by atoms with Gasteiger partial charge in [-0.2, -0.15) is 5.10 Å². The van der Waals surface area contributed by atoms with E-state index in [1.165, 1.54) is 0 Å².